The number of aryl methyl sites for hydroxylation is 1. The quantitative estimate of drug-likeness (QED) is 0.521. The summed E-state index contributed by atoms with van der Waals surface area (Å²) >= 11 is 3.41. The van der Waals surface area contributed by atoms with Gasteiger partial charge >= 0.3 is 0 Å². The number of nitrogens with zero attached hydrogens (tertiary/aromatic N) is 3. The largest absolute Gasteiger partial charge is 0.493 e. The minimum absolute atomic E-state index is 0.0818. The SMILES string of the molecule is CCc1nc2ccc(Br)cc2c(=O)n1N=Cc1cccc(OCC(C)(C)C)c1. The zero-order valence-electron chi connectivity index (χ0n) is 16.6. The summed E-state index contributed by atoms with van der Waals surface area (Å²) in [4.78, 5) is 17.5. The summed E-state index contributed by atoms with van der Waals surface area (Å²) < 4.78 is 8.06. The molecule has 0 aliphatic rings. The third-order valence-corrected chi connectivity index (χ3v) is 4.54. The highest BCUT2D eigenvalue weighted by atomic mass is 79.9. The maximum atomic E-state index is 12.9. The monoisotopic (exact) mass is 441 g/mol. The molecule has 6 heteroatoms. The number of benzene rings is 2. The fourth-order valence-electron chi connectivity index (χ4n) is 2.65. The molecule has 0 unspecified atom stereocenters. The lowest BCUT2D eigenvalue weighted by Crippen LogP contribution is -2.22. The summed E-state index contributed by atoms with van der Waals surface area (Å²) in [5.74, 6) is 1.40. The van der Waals surface area contributed by atoms with E-state index < -0.39 is 0 Å². The summed E-state index contributed by atoms with van der Waals surface area (Å²) in [7, 11) is 0. The Balaban J connectivity index is 1.95. The molecule has 0 saturated carbocycles. The summed E-state index contributed by atoms with van der Waals surface area (Å²) in [6.45, 7) is 8.96. The van der Waals surface area contributed by atoms with Crippen LogP contribution in [0.25, 0.3) is 10.9 Å². The van der Waals surface area contributed by atoms with Gasteiger partial charge in [-0.1, -0.05) is 55.8 Å². The average Bonchev–Trinajstić information content (AvgIpc) is 2.65. The van der Waals surface area contributed by atoms with Crippen molar-refractivity contribution in [2.24, 2.45) is 10.5 Å². The highest BCUT2D eigenvalue weighted by molar-refractivity contribution is 9.10. The van der Waals surface area contributed by atoms with Gasteiger partial charge in [-0.05, 0) is 41.3 Å². The molecule has 1 heterocycles. The minimum Gasteiger partial charge on any atom is -0.493 e. The van der Waals surface area contributed by atoms with E-state index in [2.05, 4.69) is 46.8 Å². The molecule has 0 aliphatic carbocycles. The zero-order valence-corrected chi connectivity index (χ0v) is 18.2. The van der Waals surface area contributed by atoms with Crippen molar-refractivity contribution in [3.63, 3.8) is 0 Å². The van der Waals surface area contributed by atoms with E-state index >= 15 is 0 Å². The minimum atomic E-state index is -0.181. The highest BCUT2D eigenvalue weighted by Crippen LogP contribution is 2.19. The van der Waals surface area contributed by atoms with Crippen LogP contribution in [-0.2, 0) is 6.42 Å². The topological polar surface area (TPSA) is 56.5 Å². The Morgan fingerprint density at radius 2 is 2.00 bits per heavy atom. The molecule has 0 radical (unpaired) electrons. The van der Waals surface area contributed by atoms with Crippen molar-refractivity contribution in [2.45, 2.75) is 34.1 Å². The first-order valence-electron chi connectivity index (χ1n) is 9.25. The lowest BCUT2D eigenvalue weighted by molar-refractivity contribution is 0.198. The van der Waals surface area contributed by atoms with Crippen molar-refractivity contribution >= 4 is 33.0 Å². The highest BCUT2D eigenvalue weighted by Gasteiger charge is 2.11. The van der Waals surface area contributed by atoms with Crippen LogP contribution in [0.4, 0.5) is 0 Å². The van der Waals surface area contributed by atoms with Gasteiger partial charge in [0.1, 0.15) is 11.6 Å². The summed E-state index contributed by atoms with van der Waals surface area (Å²) in [5, 5.41) is 4.96. The first kappa shape index (κ1) is 20.3. The summed E-state index contributed by atoms with van der Waals surface area (Å²) in [6, 6.07) is 13.2. The summed E-state index contributed by atoms with van der Waals surface area (Å²) in [6.07, 6.45) is 2.27. The van der Waals surface area contributed by atoms with Crippen molar-refractivity contribution < 1.29 is 4.74 Å². The third kappa shape index (κ3) is 4.87. The van der Waals surface area contributed by atoms with Crippen LogP contribution in [0.15, 0.2) is 56.8 Å². The number of halogens is 1. The number of hydrogen-bond acceptors (Lipinski definition) is 4. The fourth-order valence-corrected chi connectivity index (χ4v) is 3.01. The van der Waals surface area contributed by atoms with E-state index in [1.807, 2.05) is 43.3 Å². The first-order chi connectivity index (χ1) is 13.3. The van der Waals surface area contributed by atoms with E-state index in [0.717, 1.165) is 15.8 Å². The molecule has 0 fully saturated rings. The van der Waals surface area contributed by atoms with Crippen molar-refractivity contribution in [3.8, 4) is 5.75 Å². The molecule has 0 saturated heterocycles. The molecule has 0 N–H and O–H groups in total. The van der Waals surface area contributed by atoms with Crippen LogP contribution in [-0.4, -0.2) is 22.5 Å². The molecular formula is C22H24BrN3O2. The van der Waals surface area contributed by atoms with E-state index in [1.165, 1.54) is 4.68 Å². The van der Waals surface area contributed by atoms with Gasteiger partial charge in [0.25, 0.3) is 5.56 Å². The van der Waals surface area contributed by atoms with E-state index in [1.54, 1.807) is 12.3 Å². The lowest BCUT2D eigenvalue weighted by atomic mass is 9.99. The molecule has 5 nitrogen and oxygen atoms in total. The van der Waals surface area contributed by atoms with Gasteiger partial charge in [-0.15, -0.1) is 0 Å². The second-order valence-electron chi connectivity index (χ2n) is 7.83. The molecule has 0 amide bonds. The van der Waals surface area contributed by atoms with Crippen LogP contribution < -0.4 is 10.3 Å². The zero-order chi connectivity index (χ0) is 20.3. The van der Waals surface area contributed by atoms with Gasteiger partial charge in [-0.25, -0.2) is 4.98 Å². The predicted molar refractivity (Wildman–Crippen MR) is 117 cm³/mol. The number of rotatable bonds is 5. The maximum Gasteiger partial charge on any atom is 0.282 e. The van der Waals surface area contributed by atoms with Gasteiger partial charge in [0.05, 0.1) is 23.7 Å². The van der Waals surface area contributed by atoms with Gasteiger partial charge in [0.2, 0.25) is 0 Å². The summed E-state index contributed by atoms with van der Waals surface area (Å²) in [5.41, 5.74) is 1.43. The maximum absolute atomic E-state index is 12.9. The van der Waals surface area contributed by atoms with Crippen molar-refractivity contribution in [2.75, 3.05) is 6.61 Å². The Morgan fingerprint density at radius 1 is 1.21 bits per heavy atom. The van der Waals surface area contributed by atoms with Crippen LogP contribution >= 0.6 is 15.9 Å². The molecule has 3 rings (SSSR count). The number of ether oxygens (including phenoxy) is 1. The number of hydrogen-bond donors (Lipinski definition) is 0. The Kier molecular flexibility index (Phi) is 5.98. The normalized spacial score (nSPS) is 12.0. The van der Waals surface area contributed by atoms with E-state index in [9.17, 15) is 4.79 Å². The smallest absolute Gasteiger partial charge is 0.282 e. The van der Waals surface area contributed by atoms with E-state index in [-0.39, 0.29) is 11.0 Å². The Hall–Kier alpha value is -2.47. The first-order valence-corrected chi connectivity index (χ1v) is 10.0. The van der Waals surface area contributed by atoms with Crippen LogP contribution in [0.3, 0.4) is 0 Å². The van der Waals surface area contributed by atoms with Gasteiger partial charge in [-0.3, -0.25) is 4.79 Å². The van der Waals surface area contributed by atoms with Gasteiger partial charge in [0.15, 0.2) is 0 Å². The van der Waals surface area contributed by atoms with Crippen molar-refractivity contribution in [1.82, 2.24) is 9.66 Å². The van der Waals surface area contributed by atoms with Crippen molar-refractivity contribution in [1.29, 1.82) is 0 Å². The molecule has 2 aromatic carbocycles. The van der Waals surface area contributed by atoms with Gasteiger partial charge in [-0.2, -0.15) is 9.78 Å². The van der Waals surface area contributed by atoms with Crippen LogP contribution in [0.2, 0.25) is 0 Å². The standard InChI is InChI=1S/C22H24BrN3O2/c1-5-20-25-19-10-9-16(23)12-18(19)21(27)26(20)24-13-15-7-6-8-17(11-15)28-14-22(2,3)4/h6-13H,5,14H2,1-4H3. The van der Waals surface area contributed by atoms with E-state index in [0.29, 0.717) is 29.8 Å². The molecule has 146 valence electrons. The molecular weight excluding hydrogens is 418 g/mol. The molecule has 1 aromatic heterocycles. The Bertz CT molecular complexity index is 1080. The molecule has 28 heavy (non-hydrogen) atoms. The fraction of sp³-hybridized carbons (Fsp3) is 0.318. The second kappa shape index (κ2) is 8.27. The molecule has 0 atom stereocenters. The third-order valence-electron chi connectivity index (χ3n) is 4.04. The predicted octanol–water partition coefficient (Wildman–Crippen LogP) is 5.03. The number of fused-ring (bicyclic) bond motifs is 1. The van der Waals surface area contributed by atoms with Crippen LogP contribution in [0.5, 0.6) is 5.75 Å². The Labute approximate surface area is 173 Å². The molecule has 0 bridgehead atoms. The average molecular weight is 442 g/mol. The molecule has 0 aliphatic heterocycles. The van der Waals surface area contributed by atoms with Gasteiger partial charge in [0, 0.05) is 10.9 Å². The Morgan fingerprint density at radius 3 is 2.71 bits per heavy atom. The van der Waals surface area contributed by atoms with Crippen molar-refractivity contribution in [3.05, 3.63) is 68.7 Å². The molecule has 3 aromatic rings. The van der Waals surface area contributed by atoms with E-state index in [4.69, 9.17) is 4.74 Å². The lowest BCUT2D eigenvalue weighted by Gasteiger charge is -2.18. The van der Waals surface area contributed by atoms with Gasteiger partial charge < -0.3 is 4.74 Å². The van der Waals surface area contributed by atoms with Crippen LogP contribution in [0, 0.1) is 5.41 Å². The second-order valence-corrected chi connectivity index (χ2v) is 8.74. The number of aromatic nitrogens is 2. The van der Waals surface area contributed by atoms with Crippen LogP contribution in [0.1, 0.15) is 39.1 Å². The molecule has 0 spiro atoms.